The van der Waals surface area contributed by atoms with Crippen LogP contribution in [0.4, 0.5) is 5.69 Å². The first-order chi connectivity index (χ1) is 13.2. The number of likely N-dealkylation sites (tertiary alicyclic amines) is 1. The molecule has 3 rings (SSSR count). The molecule has 1 aliphatic carbocycles. The van der Waals surface area contributed by atoms with Crippen LogP contribution in [0.3, 0.4) is 0 Å². The number of hydrogen-bond acceptors (Lipinski definition) is 4. The van der Waals surface area contributed by atoms with Gasteiger partial charge in [0.25, 0.3) is 0 Å². The highest BCUT2D eigenvalue weighted by atomic mass is 16.5. The van der Waals surface area contributed by atoms with Crippen molar-refractivity contribution >= 4 is 17.5 Å². The van der Waals surface area contributed by atoms with Gasteiger partial charge in [0, 0.05) is 36.3 Å². The Morgan fingerprint density at radius 3 is 2.50 bits per heavy atom. The predicted molar refractivity (Wildman–Crippen MR) is 110 cm³/mol. The summed E-state index contributed by atoms with van der Waals surface area (Å²) in [7, 11) is 1.62. The van der Waals surface area contributed by atoms with Gasteiger partial charge in [-0.25, -0.2) is 0 Å². The molecule has 0 unspecified atom stereocenters. The van der Waals surface area contributed by atoms with Gasteiger partial charge in [0.1, 0.15) is 5.75 Å². The largest absolute Gasteiger partial charge is 0.497 e. The summed E-state index contributed by atoms with van der Waals surface area (Å²) in [6, 6.07) is 7.47. The first-order valence-corrected chi connectivity index (χ1v) is 10.2. The molecule has 0 atom stereocenters. The van der Waals surface area contributed by atoms with Crippen LogP contribution < -0.4 is 15.4 Å². The molecule has 2 fully saturated rings. The molecule has 154 valence electrons. The predicted octanol–water partition coefficient (Wildman–Crippen LogP) is 3.04. The quantitative estimate of drug-likeness (QED) is 0.815. The Balaban J connectivity index is 1.42. The van der Waals surface area contributed by atoms with E-state index in [-0.39, 0.29) is 23.3 Å². The van der Waals surface area contributed by atoms with Gasteiger partial charge < -0.3 is 15.4 Å². The maximum absolute atomic E-state index is 12.6. The van der Waals surface area contributed by atoms with Crippen molar-refractivity contribution in [1.82, 2.24) is 10.2 Å². The van der Waals surface area contributed by atoms with E-state index in [0.717, 1.165) is 50.2 Å². The molecular weight excluding hydrogens is 354 g/mol. The highest BCUT2D eigenvalue weighted by Gasteiger charge is 2.46. The molecule has 6 nitrogen and oxygen atoms in total. The Labute approximate surface area is 168 Å². The van der Waals surface area contributed by atoms with Gasteiger partial charge >= 0.3 is 0 Å². The molecule has 1 aromatic carbocycles. The minimum atomic E-state index is -0.187. The number of carbonyl (C=O) groups is 2. The fourth-order valence-corrected chi connectivity index (χ4v) is 4.43. The lowest BCUT2D eigenvalue weighted by atomic mass is 9.65. The summed E-state index contributed by atoms with van der Waals surface area (Å²) in [5.74, 6) is 0.998. The van der Waals surface area contributed by atoms with Gasteiger partial charge in [-0.15, -0.1) is 0 Å². The van der Waals surface area contributed by atoms with E-state index in [2.05, 4.69) is 15.5 Å². The standard InChI is InChI=1S/C22H33N3O3/c1-21(2,3)24-19(26)13-25-14-22(15-25)10-8-16(9-11-22)20(27)23-17-6-5-7-18(12-17)28-4/h5-7,12,16H,8-11,13-15H2,1-4H3,(H,23,27)(H,24,26). The molecule has 6 heteroatoms. The van der Waals surface area contributed by atoms with Crippen molar-refractivity contribution in [2.24, 2.45) is 11.3 Å². The van der Waals surface area contributed by atoms with Crippen LogP contribution in [-0.2, 0) is 9.59 Å². The van der Waals surface area contributed by atoms with E-state index in [1.807, 2.05) is 45.0 Å². The number of anilines is 1. The lowest BCUT2D eigenvalue weighted by Gasteiger charge is -2.53. The lowest BCUT2D eigenvalue weighted by molar-refractivity contribution is -0.129. The average molecular weight is 388 g/mol. The molecule has 1 heterocycles. The second-order valence-corrected chi connectivity index (χ2v) is 9.44. The van der Waals surface area contributed by atoms with Crippen molar-refractivity contribution < 1.29 is 14.3 Å². The van der Waals surface area contributed by atoms with Crippen LogP contribution in [0.5, 0.6) is 5.75 Å². The Morgan fingerprint density at radius 1 is 1.21 bits per heavy atom. The lowest BCUT2D eigenvalue weighted by Crippen LogP contribution is -2.60. The van der Waals surface area contributed by atoms with Gasteiger partial charge in [0.05, 0.1) is 13.7 Å². The third kappa shape index (κ3) is 5.25. The number of nitrogens with one attached hydrogen (secondary N) is 2. The summed E-state index contributed by atoms with van der Waals surface area (Å²) in [6.07, 6.45) is 3.94. The molecular formula is C22H33N3O3. The van der Waals surface area contributed by atoms with Gasteiger partial charge in [0.15, 0.2) is 0 Å². The van der Waals surface area contributed by atoms with Crippen LogP contribution in [0.25, 0.3) is 0 Å². The van der Waals surface area contributed by atoms with Crippen molar-refractivity contribution in [2.75, 3.05) is 32.1 Å². The zero-order valence-corrected chi connectivity index (χ0v) is 17.5. The van der Waals surface area contributed by atoms with Gasteiger partial charge in [-0.3, -0.25) is 14.5 Å². The number of ether oxygens (including phenoxy) is 1. The topological polar surface area (TPSA) is 70.7 Å². The van der Waals surface area contributed by atoms with E-state index in [0.29, 0.717) is 12.0 Å². The maximum Gasteiger partial charge on any atom is 0.234 e. The van der Waals surface area contributed by atoms with E-state index in [1.54, 1.807) is 7.11 Å². The van der Waals surface area contributed by atoms with Crippen molar-refractivity contribution in [3.8, 4) is 5.75 Å². The van der Waals surface area contributed by atoms with E-state index >= 15 is 0 Å². The Bertz CT molecular complexity index is 710. The van der Waals surface area contributed by atoms with Gasteiger partial charge in [-0.2, -0.15) is 0 Å². The molecule has 2 amide bonds. The second-order valence-electron chi connectivity index (χ2n) is 9.44. The molecule has 2 N–H and O–H groups in total. The summed E-state index contributed by atoms with van der Waals surface area (Å²) in [5, 5.41) is 6.04. The third-order valence-electron chi connectivity index (χ3n) is 5.75. The number of amides is 2. The average Bonchev–Trinajstić information content (AvgIpc) is 2.59. The molecule has 1 saturated carbocycles. The Morgan fingerprint density at radius 2 is 1.89 bits per heavy atom. The number of carbonyl (C=O) groups excluding carboxylic acids is 2. The highest BCUT2D eigenvalue weighted by Crippen LogP contribution is 2.45. The molecule has 28 heavy (non-hydrogen) atoms. The number of nitrogens with zero attached hydrogens (tertiary/aromatic N) is 1. The number of methoxy groups -OCH3 is 1. The molecule has 0 radical (unpaired) electrons. The van der Waals surface area contributed by atoms with Gasteiger partial charge in [-0.05, 0) is 64.0 Å². The normalized spacial score (nSPS) is 19.7. The Hall–Kier alpha value is -2.08. The third-order valence-corrected chi connectivity index (χ3v) is 5.75. The molecule has 1 spiro atoms. The SMILES string of the molecule is COc1cccc(NC(=O)C2CCC3(CC2)CN(CC(=O)NC(C)(C)C)C3)c1. The maximum atomic E-state index is 12.6. The van der Waals surface area contributed by atoms with E-state index in [1.165, 1.54) is 0 Å². The summed E-state index contributed by atoms with van der Waals surface area (Å²) in [6.45, 7) is 8.41. The molecule has 1 aromatic rings. The van der Waals surface area contributed by atoms with E-state index < -0.39 is 0 Å². The van der Waals surface area contributed by atoms with Crippen molar-refractivity contribution in [1.29, 1.82) is 0 Å². The second kappa shape index (κ2) is 8.11. The van der Waals surface area contributed by atoms with Crippen LogP contribution in [0, 0.1) is 11.3 Å². The number of rotatable bonds is 5. The molecule has 1 saturated heterocycles. The molecule has 0 bridgehead atoms. The minimum Gasteiger partial charge on any atom is -0.497 e. The van der Waals surface area contributed by atoms with Crippen LogP contribution in [0.1, 0.15) is 46.5 Å². The van der Waals surface area contributed by atoms with Crippen molar-refractivity contribution in [3.05, 3.63) is 24.3 Å². The first-order valence-electron chi connectivity index (χ1n) is 10.2. The Kier molecular flexibility index (Phi) is 5.98. The number of benzene rings is 1. The van der Waals surface area contributed by atoms with Crippen molar-refractivity contribution in [2.45, 2.75) is 52.0 Å². The zero-order chi connectivity index (χ0) is 20.4. The molecule has 0 aromatic heterocycles. The monoisotopic (exact) mass is 387 g/mol. The first kappa shape index (κ1) is 20.6. The zero-order valence-electron chi connectivity index (χ0n) is 17.5. The molecule has 1 aliphatic heterocycles. The van der Waals surface area contributed by atoms with Gasteiger partial charge in [0.2, 0.25) is 11.8 Å². The summed E-state index contributed by atoms with van der Waals surface area (Å²) in [4.78, 5) is 26.9. The van der Waals surface area contributed by atoms with Crippen LogP contribution in [-0.4, -0.2) is 49.0 Å². The summed E-state index contributed by atoms with van der Waals surface area (Å²) in [5.41, 5.74) is 0.895. The van der Waals surface area contributed by atoms with Crippen LogP contribution in [0.2, 0.25) is 0 Å². The van der Waals surface area contributed by atoms with Gasteiger partial charge in [-0.1, -0.05) is 6.07 Å². The fraction of sp³-hybridized carbons (Fsp3) is 0.636. The van der Waals surface area contributed by atoms with Crippen molar-refractivity contribution in [3.63, 3.8) is 0 Å². The minimum absolute atomic E-state index is 0.0649. The highest BCUT2D eigenvalue weighted by molar-refractivity contribution is 5.92. The van der Waals surface area contributed by atoms with Crippen LogP contribution in [0.15, 0.2) is 24.3 Å². The summed E-state index contributed by atoms with van der Waals surface area (Å²) >= 11 is 0. The van der Waals surface area contributed by atoms with E-state index in [9.17, 15) is 9.59 Å². The van der Waals surface area contributed by atoms with Crippen LogP contribution >= 0.6 is 0 Å². The molecule has 2 aliphatic rings. The number of hydrogen-bond donors (Lipinski definition) is 2. The smallest absolute Gasteiger partial charge is 0.234 e. The van der Waals surface area contributed by atoms with E-state index in [4.69, 9.17) is 4.74 Å². The summed E-state index contributed by atoms with van der Waals surface area (Å²) < 4.78 is 5.21. The fourth-order valence-electron chi connectivity index (χ4n) is 4.43.